The number of H-pyrrole nitrogens is 1. The number of fused-ring (bicyclic) bond motifs is 1. The molecule has 0 radical (unpaired) electrons. The zero-order chi connectivity index (χ0) is 29.1. The largest absolute Gasteiger partial charge is 0.396 e. The molecule has 4 saturated carbocycles. The summed E-state index contributed by atoms with van der Waals surface area (Å²) in [5.41, 5.74) is 5.67. The van der Waals surface area contributed by atoms with Crippen molar-refractivity contribution >= 4 is 0 Å². The molecule has 0 saturated heterocycles. The van der Waals surface area contributed by atoms with Gasteiger partial charge in [0.05, 0.1) is 0 Å². The molecule has 3 heteroatoms. The maximum atomic E-state index is 10.4. The van der Waals surface area contributed by atoms with E-state index in [1.54, 1.807) is 5.57 Å². The van der Waals surface area contributed by atoms with Crippen LogP contribution < -0.4 is 0 Å². The van der Waals surface area contributed by atoms with Gasteiger partial charge in [-0.05, 0) is 134 Å². The second-order valence-electron chi connectivity index (χ2n) is 16.9. The van der Waals surface area contributed by atoms with E-state index in [1.165, 1.54) is 56.1 Å². The van der Waals surface area contributed by atoms with Crippen molar-refractivity contribution in [3.8, 4) is 0 Å². The lowest BCUT2D eigenvalue weighted by Crippen LogP contribution is -2.63. The Bertz CT molecular complexity index is 1350. The molecule has 11 unspecified atom stereocenters. The second-order valence-corrected chi connectivity index (χ2v) is 16.9. The summed E-state index contributed by atoms with van der Waals surface area (Å²) in [5, 5.41) is 20.2. The summed E-state index contributed by atoms with van der Waals surface area (Å²) in [5.74, 6) is 4.11. The van der Waals surface area contributed by atoms with Crippen LogP contribution in [0.5, 0.6) is 0 Å². The van der Waals surface area contributed by atoms with Gasteiger partial charge in [-0.15, -0.1) is 0 Å². The van der Waals surface area contributed by atoms with Crippen LogP contribution in [0.1, 0.15) is 84.1 Å². The standard InChI is InChI=1S/C39H53NO2/c1-25-18-32-36(4)34-30(11-15-39(36)33(25)35(39,2)3)7-8-31-29(6-5-17-41)10-14-38(31,34)24-37(32)13-9-26(21-37)19-28(23-42)20-27-12-16-40-22-27/h7-8,11-12,15-16,18,22,26,28-31,33-34,40-42H,1,5-6,9-10,13-14,17,19-21,23-24H2,2-4H3. The van der Waals surface area contributed by atoms with Crippen LogP contribution in [0.25, 0.3) is 0 Å². The second kappa shape index (κ2) is 9.10. The van der Waals surface area contributed by atoms with Crippen LogP contribution in [0.2, 0.25) is 0 Å². The number of rotatable bonds is 8. The molecule has 1 aromatic heterocycles. The van der Waals surface area contributed by atoms with Crippen molar-refractivity contribution in [1.29, 1.82) is 0 Å². The van der Waals surface area contributed by atoms with Crippen molar-refractivity contribution in [2.24, 2.45) is 68.5 Å². The third-order valence-corrected chi connectivity index (χ3v) is 15.0. The Kier molecular flexibility index (Phi) is 6.00. The minimum atomic E-state index is 0.158. The first-order valence-corrected chi connectivity index (χ1v) is 17.3. The Morgan fingerprint density at radius 2 is 1.95 bits per heavy atom. The molecule has 226 valence electrons. The fraction of sp³-hybridized carbons (Fsp3) is 0.692. The van der Waals surface area contributed by atoms with Crippen LogP contribution in [-0.2, 0) is 6.42 Å². The molecule has 3 spiro atoms. The van der Waals surface area contributed by atoms with Crippen LogP contribution in [-0.4, -0.2) is 28.4 Å². The van der Waals surface area contributed by atoms with Crippen molar-refractivity contribution in [2.75, 3.05) is 13.2 Å². The molecule has 42 heavy (non-hydrogen) atoms. The van der Waals surface area contributed by atoms with Crippen molar-refractivity contribution in [2.45, 2.75) is 85.0 Å². The molecular formula is C39H53NO2. The van der Waals surface area contributed by atoms with Crippen molar-refractivity contribution in [3.63, 3.8) is 0 Å². The lowest BCUT2D eigenvalue weighted by molar-refractivity contribution is -0.117. The third kappa shape index (κ3) is 3.26. The Morgan fingerprint density at radius 3 is 2.71 bits per heavy atom. The Morgan fingerprint density at radius 1 is 1.10 bits per heavy atom. The van der Waals surface area contributed by atoms with Gasteiger partial charge >= 0.3 is 0 Å². The summed E-state index contributed by atoms with van der Waals surface area (Å²) in [4.78, 5) is 3.21. The molecule has 3 nitrogen and oxygen atoms in total. The molecule has 1 heterocycles. The highest BCUT2D eigenvalue weighted by Gasteiger charge is 2.85. The highest BCUT2D eigenvalue weighted by Crippen LogP contribution is 2.91. The molecule has 0 amide bonds. The molecular weight excluding hydrogens is 514 g/mol. The SMILES string of the molecule is C=C1C=C2C3(CCC(CC(CO)Cc4cc[nH]c4)C3)CC34CCC(CCCO)C3C=CC3C=CC5(C1C5(C)C)C2(C)C34. The minimum Gasteiger partial charge on any atom is -0.396 e. The average molecular weight is 568 g/mol. The van der Waals surface area contributed by atoms with Gasteiger partial charge < -0.3 is 15.2 Å². The zero-order valence-corrected chi connectivity index (χ0v) is 26.2. The Balaban J connectivity index is 1.21. The van der Waals surface area contributed by atoms with E-state index >= 15 is 0 Å². The predicted molar refractivity (Wildman–Crippen MR) is 169 cm³/mol. The number of aromatic nitrogens is 1. The summed E-state index contributed by atoms with van der Waals surface area (Å²) in [6.45, 7) is 13.2. The van der Waals surface area contributed by atoms with E-state index in [1.807, 2.05) is 6.20 Å². The van der Waals surface area contributed by atoms with E-state index in [4.69, 9.17) is 6.58 Å². The van der Waals surface area contributed by atoms with Crippen LogP contribution in [0.3, 0.4) is 0 Å². The maximum absolute atomic E-state index is 10.4. The maximum Gasteiger partial charge on any atom is 0.0462 e. The van der Waals surface area contributed by atoms with Gasteiger partial charge in [0.15, 0.2) is 0 Å². The van der Waals surface area contributed by atoms with E-state index in [2.05, 4.69) is 68.4 Å². The fourth-order valence-electron chi connectivity index (χ4n) is 14.0. The predicted octanol–water partition coefficient (Wildman–Crippen LogP) is 8.05. The molecule has 1 aromatic rings. The molecule has 3 N–H and O–H groups in total. The van der Waals surface area contributed by atoms with Crippen LogP contribution in [0.4, 0.5) is 0 Å². The molecule has 8 rings (SSSR count). The molecule has 7 aliphatic carbocycles. The topological polar surface area (TPSA) is 56.2 Å². The van der Waals surface area contributed by atoms with Gasteiger partial charge in [-0.2, -0.15) is 0 Å². The average Bonchev–Trinajstić information content (AvgIpc) is 3.49. The van der Waals surface area contributed by atoms with E-state index in [0.29, 0.717) is 53.4 Å². The number of aliphatic hydroxyl groups is 2. The quantitative estimate of drug-likeness (QED) is 0.278. The van der Waals surface area contributed by atoms with Gasteiger partial charge in [0, 0.05) is 36.4 Å². The van der Waals surface area contributed by atoms with E-state index in [9.17, 15) is 10.2 Å². The van der Waals surface area contributed by atoms with Gasteiger partial charge in [0.2, 0.25) is 0 Å². The first-order valence-electron chi connectivity index (χ1n) is 17.3. The molecule has 4 fully saturated rings. The van der Waals surface area contributed by atoms with E-state index in [0.717, 1.165) is 19.3 Å². The van der Waals surface area contributed by atoms with Gasteiger partial charge in [-0.3, -0.25) is 0 Å². The van der Waals surface area contributed by atoms with E-state index < -0.39 is 0 Å². The van der Waals surface area contributed by atoms with Gasteiger partial charge in [-0.25, -0.2) is 0 Å². The minimum absolute atomic E-state index is 0.158. The monoisotopic (exact) mass is 567 g/mol. The highest BCUT2D eigenvalue weighted by molar-refractivity contribution is 5.58. The molecule has 0 aromatic carbocycles. The van der Waals surface area contributed by atoms with Crippen molar-refractivity contribution in [3.05, 3.63) is 72.1 Å². The van der Waals surface area contributed by atoms with Crippen LogP contribution in [0.15, 0.2) is 66.6 Å². The normalized spacial score (nSPS) is 47.6. The number of hydrogen-bond donors (Lipinski definition) is 3. The summed E-state index contributed by atoms with van der Waals surface area (Å²) in [6, 6.07) is 2.17. The lowest BCUT2D eigenvalue weighted by Gasteiger charge is -2.69. The lowest BCUT2D eigenvalue weighted by atomic mass is 9.34. The van der Waals surface area contributed by atoms with Crippen LogP contribution in [0, 0.1) is 68.5 Å². The summed E-state index contributed by atoms with van der Waals surface area (Å²) in [6.07, 6.45) is 29.5. The van der Waals surface area contributed by atoms with Gasteiger partial charge in [-0.1, -0.05) is 68.9 Å². The highest BCUT2D eigenvalue weighted by atomic mass is 16.3. The van der Waals surface area contributed by atoms with E-state index in [-0.39, 0.29) is 28.3 Å². The Labute approximate surface area is 253 Å². The smallest absolute Gasteiger partial charge is 0.0462 e. The summed E-state index contributed by atoms with van der Waals surface area (Å²) < 4.78 is 0. The first kappa shape index (κ1) is 27.7. The van der Waals surface area contributed by atoms with Crippen molar-refractivity contribution in [1.82, 2.24) is 4.98 Å². The number of nitrogens with one attached hydrogen (secondary N) is 1. The first-order chi connectivity index (χ1) is 20.2. The fourth-order valence-corrected chi connectivity index (χ4v) is 14.0. The van der Waals surface area contributed by atoms with Crippen LogP contribution >= 0.6 is 0 Å². The molecule has 0 aliphatic heterocycles. The molecule has 7 aliphatic rings. The molecule has 11 atom stereocenters. The Hall–Kier alpha value is -1.84. The number of aromatic amines is 1. The third-order valence-electron chi connectivity index (χ3n) is 15.0. The van der Waals surface area contributed by atoms with Gasteiger partial charge in [0.25, 0.3) is 0 Å². The van der Waals surface area contributed by atoms with Crippen molar-refractivity contribution < 1.29 is 10.2 Å². The summed E-state index contributed by atoms with van der Waals surface area (Å²) >= 11 is 0. The number of aliphatic hydroxyl groups excluding tert-OH is 2. The number of allylic oxidation sites excluding steroid dienone is 7. The van der Waals surface area contributed by atoms with Gasteiger partial charge in [0.1, 0.15) is 0 Å². The zero-order valence-electron chi connectivity index (χ0n) is 26.2. The number of hydrogen-bond acceptors (Lipinski definition) is 2. The summed E-state index contributed by atoms with van der Waals surface area (Å²) in [7, 11) is 0. The molecule has 0 bridgehead atoms.